The van der Waals surface area contributed by atoms with E-state index < -0.39 is 0 Å². The van der Waals surface area contributed by atoms with Crippen molar-refractivity contribution in [3.63, 3.8) is 0 Å². The van der Waals surface area contributed by atoms with Gasteiger partial charge in [0, 0.05) is 4.70 Å². The van der Waals surface area contributed by atoms with Crippen LogP contribution in [0, 0.1) is 0 Å². The number of carbonyl (C=O) groups excluding carboxylic acids is 1. The summed E-state index contributed by atoms with van der Waals surface area (Å²) in [6.07, 6.45) is 0.830. The predicted octanol–water partition coefficient (Wildman–Crippen LogP) is 2.58. The lowest BCUT2D eigenvalue weighted by atomic mass is 10.1. The van der Waals surface area contributed by atoms with Crippen molar-refractivity contribution >= 4 is 27.4 Å². The van der Waals surface area contributed by atoms with E-state index in [9.17, 15) is 4.79 Å². The molecule has 0 atom stereocenters. The van der Waals surface area contributed by atoms with Crippen LogP contribution in [0.5, 0.6) is 0 Å². The number of rotatable bonds is 4. The molecule has 0 aliphatic heterocycles. The number of nitrogens with two attached hydrogens (primary N) is 1. The Morgan fingerprint density at radius 1 is 1.47 bits per heavy atom. The second kappa shape index (κ2) is 5.29. The van der Waals surface area contributed by atoms with Crippen LogP contribution in [0.2, 0.25) is 0 Å². The quantitative estimate of drug-likeness (QED) is 0.847. The Balaban J connectivity index is 2.42. The largest absolute Gasteiger partial charge is 0.462 e. The second-order valence-electron chi connectivity index (χ2n) is 3.70. The van der Waals surface area contributed by atoms with Crippen molar-refractivity contribution < 1.29 is 9.53 Å². The van der Waals surface area contributed by atoms with Crippen LogP contribution in [0.4, 0.5) is 0 Å². The monoisotopic (exact) mass is 249 g/mol. The minimum atomic E-state index is -0.243. The lowest BCUT2D eigenvalue weighted by Crippen LogP contribution is -2.03. The molecule has 4 heteroatoms. The summed E-state index contributed by atoms with van der Waals surface area (Å²) < 4.78 is 6.11. The number of carbonyl (C=O) groups is 1. The normalized spacial score (nSPS) is 10.7. The van der Waals surface area contributed by atoms with Crippen molar-refractivity contribution in [1.29, 1.82) is 0 Å². The molecule has 1 aromatic carbocycles. The summed E-state index contributed by atoms with van der Waals surface area (Å²) in [5.41, 5.74) is 6.77. The summed E-state index contributed by atoms with van der Waals surface area (Å²) >= 11 is 1.47. The summed E-state index contributed by atoms with van der Waals surface area (Å²) in [6.45, 7) is 2.83. The van der Waals surface area contributed by atoms with Gasteiger partial charge in [-0.25, -0.2) is 4.79 Å². The van der Waals surface area contributed by atoms with Crippen molar-refractivity contribution in [3.05, 3.63) is 34.7 Å². The van der Waals surface area contributed by atoms with Gasteiger partial charge in [0.05, 0.1) is 6.61 Å². The van der Waals surface area contributed by atoms with Gasteiger partial charge in [0.2, 0.25) is 0 Å². The molecule has 0 saturated carbocycles. The highest BCUT2D eigenvalue weighted by Gasteiger charge is 2.12. The highest BCUT2D eigenvalue weighted by Crippen LogP contribution is 2.29. The first-order valence-corrected chi connectivity index (χ1v) is 6.46. The number of thiophene rings is 1. The lowest BCUT2D eigenvalue weighted by molar-refractivity contribution is 0.0532. The fraction of sp³-hybridized carbons (Fsp3) is 0.308. The van der Waals surface area contributed by atoms with Gasteiger partial charge >= 0.3 is 5.97 Å². The van der Waals surface area contributed by atoms with Crippen LogP contribution in [0.25, 0.3) is 10.1 Å². The molecule has 3 nitrogen and oxygen atoms in total. The fourth-order valence-corrected chi connectivity index (χ4v) is 2.80. The molecule has 0 spiro atoms. The minimum Gasteiger partial charge on any atom is -0.462 e. The highest BCUT2D eigenvalue weighted by atomic mass is 32.1. The third-order valence-electron chi connectivity index (χ3n) is 2.54. The SMILES string of the molecule is CCOC(=O)c1cc2c(CCN)cccc2s1. The molecular weight excluding hydrogens is 234 g/mol. The first-order valence-electron chi connectivity index (χ1n) is 5.65. The third-order valence-corrected chi connectivity index (χ3v) is 3.62. The number of benzene rings is 1. The van der Waals surface area contributed by atoms with E-state index in [-0.39, 0.29) is 5.97 Å². The predicted molar refractivity (Wildman–Crippen MR) is 70.5 cm³/mol. The molecule has 0 aliphatic carbocycles. The van der Waals surface area contributed by atoms with Crippen molar-refractivity contribution in [1.82, 2.24) is 0 Å². The van der Waals surface area contributed by atoms with Crippen LogP contribution in [0.1, 0.15) is 22.2 Å². The minimum absolute atomic E-state index is 0.243. The Hall–Kier alpha value is -1.39. The summed E-state index contributed by atoms with van der Waals surface area (Å²) in [5.74, 6) is -0.243. The molecule has 2 rings (SSSR count). The fourth-order valence-electron chi connectivity index (χ4n) is 1.80. The van der Waals surface area contributed by atoms with Crippen LogP contribution in [0.15, 0.2) is 24.3 Å². The summed E-state index contributed by atoms with van der Waals surface area (Å²) in [7, 11) is 0. The summed E-state index contributed by atoms with van der Waals surface area (Å²) in [5, 5.41) is 1.12. The van der Waals surface area contributed by atoms with Gasteiger partial charge in [-0.15, -0.1) is 11.3 Å². The molecule has 0 aliphatic rings. The summed E-state index contributed by atoms with van der Waals surface area (Å²) in [4.78, 5) is 12.3. The lowest BCUT2D eigenvalue weighted by Gasteiger charge is -1.99. The number of hydrogen-bond donors (Lipinski definition) is 1. The van der Waals surface area contributed by atoms with Crippen molar-refractivity contribution in [2.24, 2.45) is 5.73 Å². The molecule has 2 N–H and O–H groups in total. The van der Waals surface area contributed by atoms with E-state index >= 15 is 0 Å². The molecule has 1 heterocycles. The smallest absolute Gasteiger partial charge is 0.348 e. The maximum absolute atomic E-state index is 11.6. The molecule has 0 saturated heterocycles. The van der Waals surface area contributed by atoms with Crippen LogP contribution in [-0.2, 0) is 11.2 Å². The van der Waals surface area contributed by atoms with Crippen LogP contribution < -0.4 is 5.73 Å². The molecule has 0 unspecified atom stereocenters. The maximum Gasteiger partial charge on any atom is 0.348 e. The Labute approximate surface area is 104 Å². The van der Waals surface area contributed by atoms with Gasteiger partial charge in [-0.1, -0.05) is 12.1 Å². The van der Waals surface area contributed by atoms with Crippen LogP contribution in [-0.4, -0.2) is 19.1 Å². The molecule has 0 amide bonds. The van der Waals surface area contributed by atoms with E-state index in [1.165, 1.54) is 16.9 Å². The number of fused-ring (bicyclic) bond motifs is 1. The van der Waals surface area contributed by atoms with Gasteiger partial charge in [-0.2, -0.15) is 0 Å². The second-order valence-corrected chi connectivity index (χ2v) is 4.78. The number of esters is 1. The number of ether oxygens (including phenoxy) is 1. The van der Waals surface area contributed by atoms with E-state index in [4.69, 9.17) is 10.5 Å². The average Bonchev–Trinajstić information content (AvgIpc) is 2.75. The van der Waals surface area contributed by atoms with E-state index in [2.05, 4.69) is 6.07 Å². The average molecular weight is 249 g/mol. The van der Waals surface area contributed by atoms with E-state index in [0.29, 0.717) is 18.0 Å². The Morgan fingerprint density at radius 2 is 2.29 bits per heavy atom. The van der Waals surface area contributed by atoms with Crippen molar-refractivity contribution in [2.75, 3.05) is 13.2 Å². The Bertz CT molecular complexity index is 533. The van der Waals surface area contributed by atoms with Gasteiger partial charge in [0.15, 0.2) is 0 Å². The molecule has 90 valence electrons. The van der Waals surface area contributed by atoms with Gasteiger partial charge in [-0.3, -0.25) is 0 Å². The van der Waals surface area contributed by atoms with E-state index in [1.807, 2.05) is 25.1 Å². The first kappa shape index (κ1) is 12.1. The van der Waals surface area contributed by atoms with Crippen LogP contribution >= 0.6 is 11.3 Å². The van der Waals surface area contributed by atoms with Gasteiger partial charge in [-0.05, 0) is 43.0 Å². The molecule has 17 heavy (non-hydrogen) atoms. The topological polar surface area (TPSA) is 52.3 Å². The zero-order valence-corrected chi connectivity index (χ0v) is 10.5. The van der Waals surface area contributed by atoms with Crippen molar-refractivity contribution in [3.8, 4) is 0 Å². The van der Waals surface area contributed by atoms with E-state index in [0.717, 1.165) is 16.5 Å². The molecular formula is C13H15NO2S. The Morgan fingerprint density at radius 3 is 3.00 bits per heavy atom. The van der Waals surface area contributed by atoms with Gasteiger partial charge < -0.3 is 10.5 Å². The van der Waals surface area contributed by atoms with E-state index in [1.54, 1.807) is 0 Å². The summed E-state index contributed by atoms with van der Waals surface area (Å²) in [6, 6.07) is 7.97. The maximum atomic E-state index is 11.6. The molecule has 0 bridgehead atoms. The van der Waals surface area contributed by atoms with Gasteiger partial charge in [0.1, 0.15) is 4.88 Å². The van der Waals surface area contributed by atoms with Crippen LogP contribution in [0.3, 0.4) is 0 Å². The zero-order chi connectivity index (χ0) is 12.3. The third kappa shape index (κ3) is 2.48. The zero-order valence-electron chi connectivity index (χ0n) is 9.73. The number of hydrogen-bond acceptors (Lipinski definition) is 4. The molecule has 1 aromatic heterocycles. The molecule has 0 fully saturated rings. The van der Waals surface area contributed by atoms with Gasteiger partial charge in [0.25, 0.3) is 0 Å². The Kier molecular flexibility index (Phi) is 3.76. The highest BCUT2D eigenvalue weighted by molar-refractivity contribution is 7.20. The molecule has 2 aromatic rings. The van der Waals surface area contributed by atoms with Crippen molar-refractivity contribution in [2.45, 2.75) is 13.3 Å². The molecule has 0 radical (unpaired) electrons. The first-order chi connectivity index (χ1) is 8.26. The standard InChI is InChI=1S/C13H15NO2S/c1-2-16-13(15)12-8-10-9(6-7-14)4-3-5-11(10)17-12/h3-5,8H,2,6-7,14H2,1H3.